The largest absolute Gasteiger partial charge is 0.477 e. The molecule has 3 aromatic rings. The molecule has 1 atom stereocenters. The Bertz CT molecular complexity index is 1240. The minimum atomic E-state index is -2.99. The maximum Gasteiger partial charge on any atom is 0.163 e. The zero-order chi connectivity index (χ0) is 19.6. The average molecular weight is 399 g/mol. The van der Waals surface area contributed by atoms with Gasteiger partial charge >= 0.3 is 0 Å². The van der Waals surface area contributed by atoms with Gasteiger partial charge in [0, 0.05) is 34.3 Å². The minimum absolute atomic E-state index is 0.0469. The number of hydrogen-bond acceptors (Lipinski definition) is 6. The first-order valence-electron chi connectivity index (χ1n) is 9.40. The molecular weight excluding hydrogens is 378 g/mol. The van der Waals surface area contributed by atoms with E-state index in [2.05, 4.69) is 4.90 Å². The standard InChI is InChI=1S/C21H21NO5S/c1-12(23)18-13(2)27-21-16-6-4-3-5-15(16)20-17(19(18)21)9-22(11-26-20)14-7-8-28(24,25)10-14/h3-6,14H,7-11H2,1-2H3/t14-/m1/s1. The second-order valence-electron chi connectivity index (χ2n) is 7.72. The van der Waals surface area contributed by atoms with Crippen LogP contribution in [0.3, 0.4) is 0 Å². The van der Waals surface area contributed by atoms with Crippen molar-refractivity contribution in [2.45, 2.75) is 32.9 Å². The topological polar surface area (TPSA) is 76.8 Å². The first-order chi connectivity index (χ1) is 13.4. The number of Topliss-reactive ketones (excluding diaryl/α,β-unsaturated/α-hetero) is 1. The molecule has 0 bridgehead atoms. The Balaban J connectivity index is 1.74. The highest BCUT2D eigenvalue weighted by molar-refractivity contribution is 7.91. The summed E-state index contributed by atoms with van der Waals surface area (Å²) >= 11 is 0. The van der Waals surface area contributed by atoms with Gasteiger partial charge in [-0.05, 0) is 20.3 Å². The number of carbonyl (C=O) groups excluding carboxylic acids is 1. The number of sulfone groups is 1. The van der Waals surface area contributed by atoms with E-state index in [-0.39, 0.29) is 23.3 Å². The van der Waals surface area contributed by atoms with Crippen molar-refractivity contribution >= 4 is 37.4 Å². The van der Waals surface area contributed by atoms with Crippen LogP contribution in [0.1, 0.15) is 35.0 Å². The molecule has 3 heterocycles. The van der Waals surface area contributed by atoms with Crippen LogP contribution >= 0.6 is 0 Å². The Labute approximate surface area is 163 Å². The summed E-state index contributed by atoms with van der Waals surface area (Å²) in [5.74, 6) is 1.70. The number of benzene rings is 2. The molecule has 28 heavy (non-hydrogen) atoms. The number of carbonyl (C=O) groups is 1. The zero-order valence-electron chi connectivity index (χ0n) is 15.8. The van der Waals surface area contributed by atoms with Gasteiger partial charge in [0.1, 0.15) is 23.8 Å². The lowest BCUT2D eigenvalue weighted by Gasteiger charge is -2.34. The van der Waals surface area contributed by atoms with Crippen LogP contribution in [0.5, 0.6) is 5.75 Å². The molecule has 0 radical (unpaired) electrons. The molecule has 6 nitrogen and oxygen atoms in total. The predicted molar refractivity (Wildman–Crippen MR) is 107 cm³/mol. The second-order valence-corrected chi connectivity index (χ2v) is 9.95. The highest BCUT2D eigenvalue weighted by Gasteiger charge is 2.36. The van der Waals surface area contributed by atoms with Crippen molar-refractivity contribution in [3.8, 4) is 5.75 Å². The molecule has 2 aliphatic rings. The zero-order valence-corrected chi connectivity index (χ0v) is 16.6. The molecule has 0 amide bonds. The number of rotatable bonds is 2. The summed E-state index contributed by atoms with van der Waals surface area (Å²) in [7, 11) is -2.99. The van der Waals surface area contributed by atoms with E-state index in [0.717, 1.165) is 27.5 Å². The molecule has 0 N–H and O–H groups in total. The van der Waals surface area contributed by atoms with Crippen molar-refractivity contribution in [2.75, 3.05) is 18.2 Å². The number of ether oxygens (including phenoxy) is 1. The van der Waals surface area contributed by atoms with Crippen molar-refractivity contribution in [3.63, 3.8) is 0 Å². The van der Waals surface area contributed by atoms with Crippen LogP contribution in [0.4, 0.5) is 0 Å². The fraction of sp³-hybridized carbons (Fsp3) is 0.381. The van der Waals surface area contributed by atoms with E-state index in [1.165, 1.54) is 0 Å². The summed E-state index contributed by atoms with van der Waals surface area (Å²) in [6.07, 6.45) is 0.613. The molecule has 5 rings (SSSR count). The van der Waals surface area contributed by atoms with Crippen LogP contribution in [-0.4, -0.2) is 43.4 Å². The van der Waals surface area contributed by atoms with E-state index in [0.29, 0.717) is 36.6 Å². The van der Waals surface area contributed by atoms with Crippen LogP contribution < -0.4 is 4.74 Å². The van der Waals surface area contributed by atoms with Crippen molar-refractivity contribution in [2.24, 2.45) is 0 Å². The summed E-state index contributed by atoms with van der Waals surface area (Å²) < 4.78 is 36.1. The number of fused-ring (bicyclic) bond motifs is 6. The lowest BCUT2D eigenvalue weighted by Crippen LogP contribution is -2.41. The molecule has 2 aliphatic heterocycles. The maximum atomic E-state index is 12.4. The maximum absolute atomic E-state index is 12.4. The van der Waals surface area contributed by atoms with Crippen molar-refractivity contribution < 1.29 is 22.4 Å². The molecular formula is C21H21NO5S. The average Bonchev–Trinajstić information content (AvgIpc) is 3.21. The van der Waals surface area contributed by atoms with E-state index in [9.17, 15) is 13.2 Å². The molecule has 1 aromatic heterocycles. The molecule has 1 saturated heterocycles. The van der Waals surface area contributed by atoms with Gasteiger partial charge in [-0.2, -0.15) is 0 Å². The molecule has 0 unspecified atom stereocenters. The summed E-state index contributed by atoms with van der Waals surface area (Å²) in [6, 6.07) is 7.81. The summed E-state index contributed by atoms with van der Waals surface area (Å²) in [6.45, 7) is 4.23. The third-order valence-corrected chi connectivity index (χ3v) is 7.64. The molecule has 0 saturated carbocycles. The summed E-state index contributed by atoms with van der Waals surface area (Å²) in [4.78, 5) is 14.5. The van der Waals surface area contributed by atoms with Gasteiger partial charge < -0.3 is 9.15 Å². The number of nitrogens with zero attached hydrogens (tertiary/aromatic N) is 1. The molecule has 0 aliphatic carbocycles. The van der Waals surface area contributed by atoms with Crippen molar-refractivity contribution in [3.05, 3.63) is 41.2 Å². The summed E-state index contributed by atoms with van der Waals surface area (Å²) in [5, 5.41) is 2.67. The number of furan rings is 1. The predicted octanol–water partition coefficient (Wildman–Crippen LogP) is 3.44. The van der Waals surface area contributed by atoms with E-state index in [1.807, 2.05) is 31.2 Å². The van der Waals surface area contributed by atoms with Crippen LogP contribution in [0.25, 0.3) is 21.7 Å². The number of ketones is 1. The molecule has 7 heteroatoms. The third kappa shape index (κ3) is 2.57. The first-order valence-corrected chi connectivity index (χ1v) is 11.2. The molecule has 146 valence electrons. The van der Waals surface area contributed by atoms with Crippen molar-refractivity contribution in [1.82, 2.24) is 4.90 Å². The molecule has 0 spiro atoms. The first kappa shape index (κ1) is 17.7. The van der Waals surface area contributed by atoms with E-state index in [1.54, 1.807) is 6.92 Å². The van der Waals surface area contributed by atoms with E-state index >= 15 is 0 Å². The van der Waals surface area contributed by atoms with E-state index in [4.69, 9.17) is 9.15 Å². The Hall–Kier alpha value is -2.38. The normalized spacial score (nSPS) is 21.7. The number of hydrogen-bond donors (Lipinski definition) is 0. The third-order valence-electron chi connectivity index (χ3n) is 5.89. The van der Waals surface area contributed by atoms with Crippen LogP contribution in [0.15, 0.2) is 28.7 Å². The lowest BCUT2D eigenvalue weighted by molar-refractivity contribution is 0.0668. The van der Waals surface area contributed by atoms with Gasteiger partial charge in [0.15, 0.2) is 15.6 Å². The van der Waals surface area contributed by atoms with Crippen molar-refractivity contribution in [1.29, 1.82) is 0 Å². The Morgan fingerprint density at radius 3 is 2.64 bits per heavy atom. The van der Waals surface area contributed by atoms with Gasteiger partial charge in [-0.15, -0.1) is 0 Å². The van der Waals surface area contributed by atoms with Gasteiger partial charge in [0.05, 0.1) is 17.1 Å². The number of aryl methyl sites for hydroxylation is 1. The fourth-order valence-corrected chi connectivity index (χ4v) is 6.37. The van der Waals surface area contributed by atoms with Crippen LogP contribution in [0, 0.1) is 6.92 Å². The van der Waals surface area contributed by atoms with Gasteiger partial charge in [-0.25, -0.2) is 8.42 Å². The van der Waals surface area contributed by atoms with Crippen LogP contribution in [0.2, 0.25) is 0 Å². The molecule has 1 fully saturated rings. The van der Waals surface area contributed by atoms with E-state index < -0.39 is 9.84 Å². The molecule has 2 aromatic carbocycles. The SMILES string of the molecule is CC(=O)c1c(C)oc2c1c1c(c3ccccc32)OCN([C@@H]2CCS(=O)(=O)C2)C1. The fourth-order valence-electron chi connectivity index (χ4n) is 4.61. The minimum Gasteiger partial charge on any atom is -0.477 e. The lowest BCUT2D eigenvalue weighted by atomic mass is 9.95. The quantitative estimate of drug-likeness (QED) is 0.615. The Kier molecular flexibility index (Phi) is 3.83. The highest BCUT2D eigenvalue weighted by Crippen LogP contribution is 2.44. The Morgan fingerprint density at radius 1 is 1.21 bits per heavy atom. The van der Waals surface area contributed by atoms with Gasteiger partial charge in [-0.1, -0.05) is 24.3 Å². The monoisotopic (exact) mass is 399 g/mol. The van der Waals surface area contributed by atoms with Gasteiger partial charge in [0.25, 0.3) is 0 Å². The van der Waals surface area contributed by atoms with Gasteiger partial charge in [-0.3, -0.25) is 9.69 Å². The smallest absolute Gasteiger partial charge is 0.163 e. The van der Waals surface area contributed by atoms with Crippen LogP contribution in [-0.2, 0) is 16.4 Å². The Morgan fingerprint density at radius 2 is 1.96 bits per heavy atom. The summed E-state index contributed by atoms with van der Waals surface area (Å²) in [5.41, 5.74) is 2.19. The highest BCUT2D eigenvalue weighted by atomic mass is 32.2. The second kappa shape index (κ2) is 6.06. The van der Waals surface area contributed by atoms with Gasteiger partial charge in [0.2, 0.25) is 0 Å².